The third-order valence-electron chi connectivity index (χ3n) is 1.36. The summed E-state index contributed by atoms with van der Waals surface area (Å²) in [6.45, 7) is 0. The van der Waals surface area contributed by atoms with Gasteiger partial charge in [-0.15, -0.1) is 0 Å². The zero-order valence-corrected chi connectivity index (χ0v) is 8.30. The Kier molecular flexibility index (Phi) is 3.05. The van der Waals surface area contributed by atoms with Crippen LogP contribution in [0.4, 0.5) is 5.69 Å². The van der Waals surface area contributed by atoms with Crippen molar-refractivity contribution in [2.24, 2.45) is 0 Å². The maximum Gasteiger partial charge on any atom is 0.287 e. The van der Waals surface area contributed by atoms with Gasteiger partial charge in [0.25, 0.3) is 5.69 Å². The summed E-state index contributed by atoms with van der Waals surface area (Å²) < 4.78 is 0. The number of halogens is 2. The van der Waals surface area contributed by atoms with Gasteiger partial charge in [-0.05, 0) is 11.6 Å². The Morgan fingerprint density at radius 3 is 2.67 bits per heavy atom. The minimum Gasteiger partial charge on any atom is -0.258 e. The molecule has 0 N–H and O–H groups in total. The number of rotatable bonds is 2. The topological polar surface area (TPSA) is 43.1 Å². The second-order valence-corrected chi connectivity index (χ2v) is 3.14. The Labute approximate surface area is 82.6 Å². The molecule has 3 nitrogen and oxygen atoms in total. The molecular formula is C7H5BrClNO2. The van der Waals surface area contributed by atoms with E-state index in [2.05, 4.69) is 15.9 Å². The number of alkyl halides is 1. The zero-order chi connectivity index (χ0) is 9.14. The number of nitro benzene ring substituents is 1. The van der Waals surface area contributed by atoms with Crippen LogP contribution in [-0.2, 0) is 5.33 Å². The largest absolute Gasteiger partial charge is 0.287 e. The summed E-state index contributed by atoms with van der Waals surface area (Å²) in [5, 5.41) is 11.2. The summed E-state index contributed by atoms with van der Waals surface area (Å²) in [4.78, 5) is 9.83. The molecule has 0 amide bonds. The normalized spacial score (nSPS) is 9.83. The second-order valence-electron chi connectivity index (χ2n) is 2.18. The van der Waals surface area contributed by atoms with Crippen LogP contribution in [-0.4, -0.2) is 4.92 Å². The Morgan fingerprint density at radius 1 is 1.58 bits per heavy atom. The molecule has 5 heteroatoms. The molecule has 0 saturated carbocycles. The van der Waals surface area contributed by atoms with Gasteiger partial charge in [0.1, 0.15) is 5.02 Å². The summed E-state index contributed by atoms with van der Waals surface area (Å²) in [5.41, 5.74) is 0.868. The van der Waals surface area contributed by atoms with Crippen molar-refractivity contribution in [2.75, 3.05) is 0 Å². The average molecular weight is 250 g/mol. The van der Waals surface area contributed by atoms with E-state index in [4.69, 9.17) is 11.6 Å². The summed E-state index contributed by atoms with van der Waals surface area (Å²) >= 11 is 8.87. The molecule has 0 aromatic heterocycles. The number of hydrogen-bond acceptors (Lipinski definition) is 2. The predicted molar refractivity (Wildman–Crippen MR) is 50.7 cm³/mol. The van der Waals surface area contributed by atoms with E-state index in [1.54, 1.807) is 12.1 Å². The van der Waals surface area contributed by atoms with Crippen LogP contribution < -0.4 is 0 Å². The minimum absolute atomic E-state index is 0.0543. The van der Waals surface area contributed by atoms with Crippen molar-refractivity contribution in [3.63, 3.8) is 0 Å². The minimum atomic E-state index is -0.500. The van der Waals surface area contributed by atoms with Crippen molar-refractivity contribution in [2.45, 2.75) is 5.33 Å². The highest BCUT2D eigenvalue weighted by molar-refractivity contribution is 9.08. The van der Waals surface area contributed by atoms with Crippen LogP contribution in [0.2, 0.25) is 5.02 Å². The molecule has 0 bridgehead atoms. The number of nitro groups is 1. The lowest BCUT2D eigenvalue weighted by Crippen LogP contribution is -1.89. The van der Waals surface area contributed by atoms with Crippen LogP contribution in [0.15, 0.2) is 18.2 Å². The van der Waals surface area contributed by atoms with Crippen LogP contribution in [0.5, 0.6) is 0 Å². The van der Waals surface area contributed by atoms with Gasteiger partial charge < -0.3 is 0 Å². The van der Waals surface area contributed by atoms with Crippen LogP contribution in [0.3, 0.4) is 0 Å². The monoisotopic (exact) mass is 249 g/mol. The SMILES string of the molecule is O=[N+]([O-])c1ccc(CBr)cc1Cl. The molecule has 0 radical (unpaired) electrons. The van der Waals surface area contributed by atoms with Gasteiger partial charge in [0.15, 0.2) is 0 Å². The van der Waals surface area contributed by atoms with E-state index < -0.39 is 4.92 Å². The first-order valence-corrected chi connectivity index (χ1v) is 4.64. The molecule has 0 unspecified atom stereocenters. The van der Waals surface area contributed by atoms with Crippen molar-refractivity contribution < 1.29 is 4.92 Å². The van der Waals surface area contributed by atoms with E-state index in [0.717, 1.165) is 5.56 Å². The summed E-state index contributed by atoms with van der Waals surface area (Å²) in [6.07, 6.45) is 0. The van der Waals surface area contributed by atoms with Gasteiger partial charge in [-0.25, -0.2) is 0 Å². The Morgan fingerprint density at radius 2 is 2.25 bits per heavy atom. The fourth-order valence-electron chi connectivity index (χ4n) is 0.782. The second kappa shape index (κ2) is 3.87. The van der Waals surface area contributed by atoms with Crippen LogP contribution in [0.1, 0.15) is 5.56 Å². The van der Waals surface area contributed by atoms with Crippen molar-refractivity contribution in [3.05, 3.63) is 38.9 Å². The van der Waals surface area contributed by atoms with Crippen molar-refractivity contribution in [3.8, 4) is 0 Å². The smallest absolute Gasteiger partial charge is 0.258 e. The molecule has 1 aromatic rings. The van der Waals surface area contributed by atoms with Crippen molar-refractivity contribution in [1.82, 2.24) is 0 Å². The third kappa shape index (κ3) is 1.95. The molecule has 0 aliphatic rings. The van der Waals surface area contributed by atoms with Gasteiger partial charge in [0.05, 0.1) is 4.92 Å². The Bertz CT molecular complexity index is 316. The molecule has 0 spiro atoms. The molecule has 12 heavy (non-hydrogen) atoms. The van der Waals surface area contributed by atoms with E-state index in [1.807, 2.05) is 0 Å². The summed E-state index contributed by atoms with van der Waals surface area (Å²) in [6, 6.07) is 4.64. The van der Waals surface area contributed by atoms with E-state index in [9.17, 15) is 10.1 Å². The first-order valence-electron chi connectivity index (χ1n) is 3.14. The molecule has 0 atom stereocenters. The van der Waals surface area contributed by atoms with E-state index in [0.29, 0.717) is 5.33 Å². The summed E-state index contributed by atoms with van der Waals surface area (Å²) in [5.74, 6) is 0. The highest BCUT2D eigenvalue weighted by atomic mass is 79.9. The predicted octanol–water partition coefficient (Wildman–Crippen LogP) is 3.14. The van der Waals surface area contributed by atoms with Crippen molar-refractivity contribution >= 4 is 33.2 Å². The standard InChI is InChI=1S/C7H5BrClNO2/c8-4-5-1-2-7(10(11)12)6(9)3-5/h1-3H,4H2. The highest BCUT2D eigenvalue weighted by Gasteiger charge is 2.10. The molecule has 0 aliphatic carbocycles. The quantitative estimate of drug-likeness (QED) is 0.460. The van der Waals surface area contributed by atoms with Gasteiger partial charge in [-0.1, -0.05) is 33.6 Å². The first kappa shape index (κ1) is 9.48. The van der Waals surface area contributed by atoms with E-state index >= 15 is 0 Å². The first-order chi connectivity index (χ1) is 5.65. The molecule has 0 saturated heterocycles. The lowest BCUT2D eigenvalue weighted by atomic mass is 10.2. The van der Waals surface area contributed by atoms with Crippen LogP contribution in [0, 0.1) is 10.1 Å². The molecular weight excluding hydrogens is 245 g/mol. The summed E-state index contributed by atoms with van der Waals surface area (Å²) in [7, 11) is 0. The zero-order valence-electron chi connectivity index (χ0n) is 5.96. The number of hydrogen-bond donors (Lipinski definition) is 0. The number of nitrogens with zero attached hydrogens (tertiary/aromatic N) is 1. The molecule has 1 aromatic carbocycles. The fraction of sp³-hybridized carbons (Fsp3) is 0.143. The van der Waals surface area contributed by atoms with Gasteiger partial charge in [0.2, 0.25) is 0 Å². The average Bonchev–Trinajstić information content (AvgIpc) is 2.03. The fourth-order valence-corrected chi connectivity index (χ4v) is 1.40. The van der Waals surface area contributed by atoms with Gasteiger partial charge in [-0.2, -0.15) is 0 Å². The highest BCUT2D eigenvalue weighted by Crippen LogP contribution is 2.25. The van der Waals surface area contributed by atoms with Crippen LogP contribution in [0.25, 0.3) is 0 Å². The maximum atomic E-state index is 10.3. The lowest BCUT2D eigenvalue weighted by Gasteiger charge is -1.97. The van der Waals surface area contributed by atoms with Crippen LogP contribution >= 0.6 is 27.5 Å². The number of benzene rings is 1. The van der Waals surface area contributed by atoms with Gasteiger partial charge >= 0.3 is 0 Å². The molecule has 1 rings (SSSR count). The van der Waals surface area contributed by atoms with E-state index in [-0.39, 0.29) is 10.7 Å². The molecule has 0 aliphatic heterocycles. The third-order valence-corrected chi connectivity index (χ3v) is 2.31. The van der Waals surface area contributed by atoms with Crippen molar-refractivity contribution in [1.29, 1.82) is 0 Å². The molecule has 0 fully saturated rings. The lowest BCUT2D eigenvalue weighted by molar-refractivity contribution is -0.384. The Balaban J connectivity index is 3.12. The van der Waals surface area contributed by atoms with E-state index in [1.165, 1.54) is 6.07 Å². The molecule has 0 heterocycles. The molecule has 64 valence electrons. The maximum absolute atomic E-state index is 10.3. The van der Waals surface area contributed by atoms with Gasteiger partial charge in [-0.3, -0.25) is 10.1 Å². The van der Waals surface area contributed by atoms with Gasteiger partial charge in [0, 0.05) is 11.4 Å². The Hall–Kier alpha value is -0.610.